The molecule has 0 atom stereocenters. The second-order valence-electron chi connectivity index (χ2n) is 5.74. The topological polar surface area (TPSA) is 79.8 Å². The zero-order valence-corrected chi connectivity index (χ0v) is 15.3. The first-order valence-electron chi connectivity index (χ1n) is 8.40. The molecule has 0 saturated carbocycles. The fraction of sp³-hybridized carbons (Fsp3) is 0.211. The van der Waals surface area contributed by atoms with E-state index in [1.54, 1.807) is 4.57 Å². The third-order valence-electron chi connectivity index (χ3n) is 3.78. The third kappa shape index (κ3) is 4.43. The first kappa shape index (κ1) is 18.0. The summed E-state index contributed by atoms with van der Waals surface area (Å²) in [6.45, 7) is 2.57. The van der Waals surface area contributed by atoms with E-state index in [9.17, 15) is 9.59 Å². The number of benzene rings is 2. The highest BCUT2D eigenvalue weighted by atomic mass is 32.2. The predicted molar refractivity (Wildman–Crippen MR) is 104 cm³/mol. The Hall–Kier alpha value is -2.80. The van der Waals surface area contributed by atoms with E-state index < -0.39 is 0 Å². The van der Waals surface area contributed by atoms with Gasteiger partial charge in [-0.15, -0.1) is 5.10 Å². The lowest BCUT2D eigenvalue weighted by atomic mass is 10.1. The molecule has 1 amide bonds. The molecule has 3 rings (SSSR count). The molecule has 7 heteroatoms. The number of amides is 1. The molecule has 0 spiro atoms. The van der Waals surface area contributed by atoms with E-state index in [0.29, 0.717) is 11.7 Å². The van der Waals surface area contributed by atoms with Gasteiger partial charge >= 0.3 is 5.69 Å². The molecule has 0 aliphatic rings. The van der Waals surface area contributed by atoms with Crippen molar-refractivity contribution in [3.63, 3.8) is 0 Å². The van der Waals surface area contributed by atoms with E-state index in [2.05, 4.69) is 15.5 Å². The van der Waals surface area contributed by atoms with Crippen LogP contribution in [0.2, 0.25) is 0 Å². The zero-order valence-electron chi connectivity index (χ0n) is 14.4. The molecule has 2 N–H and O–H groups in total. The van der Waals surface area contributed by atoms with E-state index in [4.69, 9.17) is 0 Å². The van der Waals surface area contributed by atoms with Crippen molar-refractivity contribution in [2.24, 2.45) is 0 Å². The van der Waals surface area contributed by atoms with Crippen molar-refractivity contribution in [1.29, 1.82) is 0 Å². The minimum Gasteiger partial charge on any atom is -0.325 e. The van der Waals surface area contributed by atoms with Gasteiger partial charge < -0.3 is 5.32 Å². The van der Waals surface area contributed by atoms with E-state index in [1.807, 2.05) is 61.5 Å². The molecular formula is C19H20N4O2S. The van der Waals surface area contributed by atoms with Crippen molar-refractivity contribution in [2.75, 3.05) is 11.1 Å². The Labute approximate surface area is 155 Å². The van der Waals surface area contributed by atoms with E-state index in [-0.39, 0.29) is 17.3 Å². The lowest BCUT2D eigenvalue weighted by Crippen LogP contribution is -2.18. The molecule has 6 nitrogen and oxygen atoms in total. The van der Waals surface area contributed by atoms with Crippen molar-refractivity contribution in [2.45, 2.75) is 25.0 Å². The second kappa shape index (κ2) is 8.53. The number of rotatable bonds is 7. The van der Waals surface area contributed by atoms with Crippen molar-refractivity contribution in [3.05, 3.63) is 65.1 Å². The fourth-order valence-corrected chi connectivity index (χ4v) is 3.31. The van der Waals surface area contributed by atoms with Crippen LogP contribution in [0.15, 0.2) is 64.5 Å². The summed E-state index contributed by atoms with van der Waals surface area (Å²) in [6.07, 6.45) is 0.826. The highest BCUT2D eigenvalue weighted by Crippen LogP contribution is 2.21. The number of carbonyl (C=O) groups excluding carboxylic acids is 1. The van der Waals surface area contributed by atoms with Crippen LogP contribution in [0.1, 0.15) is 13.3 Å². The van der Waals surface area contributed by atoms with Gasteiger partial charge in [-0.25, -0.2) is 9.89 Å². The maximum atomic E-state index is 12.2. The number of aromatic nitrogens is 3. The van der Waals surface area contributed by atoms with Crippen LogP contribution < -0.4 is 11.0 Å². The van der Waals surface area contributed by atoms with Crippen LogP contribution in [-0.2, 0) is 11.3 Å². The van der Waals surface area contributed by atoms with Crippen LogP contribution in [0.5, 0.6) is 0 Å². The maximum absolute atomic E-state index is 12.2. The molecule has 0 fully saturated rings. The Morgan fingerprint density at radius 3 is 2.50 bits per heavy atom. The maximum Gasteiger partial charge on any atom is 0.343 e. The second-order valence-corrected chi connectivity index (χ2v) is 6.69. The van der Waals surface area contributed by atoms with Crippen LogP contribution in [0.25, 0.3) is 11.1 Å². The number of aromatic amines is 1. The number of thioether (sulfide) groups is 1. The number of H-pyrrole nitrogens is 1. The standard InChI is InChI=1S/C19H20N4O2S/c1-2-12-23-18(25)21-22-19(23)26-13-17(24)20-16-10-8-15(9-11-16)14-6-4-3-5-7-14/h3-11H,2,12-13H2,1H3,(H,20,24)(H,21,25). The van der Waals surface area contributed by atoms with Crippen molar-refractivity contribution in [1.82, 2.24) is 14.8 Å². The summed E-state index contributed by atoms with van der Waals surface area (Å²) in [5.41, 5.74) is 2.72. The van der Waals surface area contributed by atoms with Gasteiger partial charge in [0, 0.05) is 12.2 Å². The average molecular weight is 368 g/mol. The van der Waals surface area contributed by atoms with E-state index in [0.717, 1.165) is 23.2 Å². The lowest BCUT2D eigenvalue weighted by Gasteiger charge is -2.07. The SMILES string of the molecule is CCCn1c(SCC(=O)Nc2ccc(-c3ccccc3)cc2)n[nH]c1=O. The van der Waals surface area contributed by atoms with E-state index in [1.165, 1.54) is 11.8 Å². The van der Waals surface area contributed by atoms with Gasteiger partial charge in [-0.1, -0.05) is 61.2 Å². The van der Waals surface area contributed by atoms with Gasteiger partial charge in [0.15, 0.2) is 5.16 Å². The summed E-state index contributed by atoms with van der Waals surface area (Å²) in [7, 11) is 0. The fourth-order valence-electron chi connectivity index (χ4n) is 2.54. The van der Waals surface area contributed by atoms with Gasteiger partial charge in [0.1, 0.15) is 0 Å². The summed E-state index contributed by atoms with van der Waals surface area (Å²) in [4.78, 5) is 23.8. The first-order valence-corrected chi connectivity index (χ1v) is 9.39. The van der Waals surface area contributed by atoms with Gasteiger partial charge in [0.05, 0.1) is 5.75 Å². The van der Waals surface area contributed by atoms with Crippen LogP contribution in [0.4, 0.5) is 5.69 Å². The molecule has 0 radical (unpaired) electrons. The van der Waals surface area contributed by atoms with Crippen LogP contribution in [0.3, 0.4) is 0 Å². The number of carbonyl (C=O) groups is 1. The molecule has 134 valence electrons. The van der Waals surface area contributed by atoms with Crippen LogP contribution in [-0.4, -0.2) is 26.4 Å². The van der Waals surface area contributed by atoms with Crippen molar-refractivity contribution in [3.8, 4) is 11.1 Å². The Bertz CT molecular complexity index is 917. The van der Waals surface area contributed by atoms with Crippen LogP contribution in [0, 0.1) is 0 Å². The molecule has 0 aliphatic heterocycles. The minimum absolute atomic E-state index is 0.138. The van der Waals surface area contributed by atoms with Crippen molar-refractivity contribution < 1.29 is 4.79 Å². The zero-order chi connectivity index (χ0) is 18.4. The van der Waals surface area contributed by atoms with Gasteiger partial charge in [-0.2, -0.15) is 0 Å². The summed E-state index contributed by atoms with van der Waals surface area (Å²) in [5.74, 6) is 0.0509. The summed E-state index contributed by atoms with van der Waals surface area (Å²) < 4.78 is 1.55. The average Bonchev–Trinajstić information content (AvgIpc) is 3.02. The van der Waals surface area contributed by atoms with Gasteiger partial charge in [-0.3, -0.25) is 9.36 Å². The van der Waals surface area contributed by atoms with E-state index >= 15 is 0 Å². The predicted octanol–water partition coefficient (Wildman–Crippen LogP) is 3.38. The highest BCUT2D eigenvalue weighted by molar-refractivity contribution is 7.99. The smallest absolute Gasteiger partial charge is 0.325 e. The molecule has 0 bridgehead atoms. The van der Waals surface area contributed by atoms with Crippen LogP contribution >= 0.6 is 11.8 Å². The number of anilines is 1. The Kier molecular flexibility index (Phi) is 5.91. The molecular weight excluding hydrogens is 348 g/mol. The monoisotopic (exact) mass is 368 g/mol. The largest absolute Gasteiger partial charge is 0.343 e. The quantitative estimate of drug-likeness (QED) is 0.627. The summed E-state index contributed by atoms with van der Waals surface area (Å²) in [6, 6.07) is 17.8. The normalized spacial score (nSPS) is 10.7. The lowest BCUT2D eigenvalue weighted by molar-refractivity contribution is -0.113. The molecule has 3 aromatic rings. The number of hydrogen-bond acceptors (Lipinski definition) is 4. The number of nitrogens with zero attached hydrogens (tertiary/aromatic N) is 2. The first-order chi connectivity index (χ1) is 12.7. The molecule has 1 heterocycles. The minimum atomic E-state index is -0.244. The van der Waals surface area contributed by atoms with Gasteiger partial charge in [0.2, 0.25) is 5.91 Å². The molecule has 1 aromatic heterocycles. The molecule has 0 unspecified atom stereocenters. The van der Waals surface area contributed by atoms with Gasteiger partial charge in [0.25, 0.3) is 0 Å². The Morgan fingerprint density at radius 1 is 1.12 bits per heavy atom. The summed E-state index contributed by atoms with van der Waals surface area (Å²) >= 11 is 1.24. The molecule has 0 aliphatic carbocycles. The number of hydrogen-bond donors (Lipinski definition) is 2. The molecule has 26 heavy (non-hydrogen) atoms. The molecule has 0 saturated heterocycles. The Morgan fingerprint density at radius 2 is 1.81 bits per heavy atom. The highest BCUT2D eigenvalue weighted by Gasteiger charge is 2.11. The summed E-state index contributed by atoms with van der Waals surface area (Å²) in [5, 5.41) is 9.79. The van der Waals surface area contributed by atoms with Gasteiger partial charge in [-0.05, 0) is 29.7 Å². The molecule has 2 aromatic carbocycles. The number of nitrogens with one attached hydrogen (secondary N) is 2. The Balaban J connectivity index is 1.58. The van der Waals surface area contributed by atoms with Crippen molar-refractivity contribution >= 4 is 23.4 Å². The third-order valence-corrected chi connectivity index (χ3v) is 4.75.